The molecule has 0 radical (unpaired) electrons. The number of nitrogens with one attached hydrogen (secondary N) is 1. The number of anilines is 4. The first-order valence-corrected chi connectivity index (χ1v) is 10.7. The van der Waals surface area contributed by atoms with Crippen molar-refractivity contribution in [2.45, 2.75) is 37.9 Å². The minimum atomic E-state index is -1.07. The van der Waals surface area contributed by atoms with Crippen LogP contribution in [-0.2, 0) is 4.79 Å². The van der Waals surface area contributed by atoms with E-state index in [1.807, 2.05) is 24.0 Å². The Kier molecular flexibility index (Phi) is 3.63. The summed E-state index contributed by atoms with van der Waals surface area (Å²) in [5.41, 5.74) is 3.14. The first-order chi connectivity index (χ1) is 14.4. The van der Waals surface area contributed by atoms with Crippen LogP contribution in [0.4, 0.5) is 27.5 Å². The number of nitrogens with zero attached hydrogens (tertiary/aromatic N) is 6. The van der Waals surface area contributed by atoms with Crippen LogP contribution in [0.15, 0.2) is 18.3 Å². The van der Waals surface area contributed by atoms with Crippen LogP contribution in [0.1, 0.15) is 24.8 Å². The van der Waals surface area contributed by atoms with E-state index in [-0.39, 0.29) is 24.4 Å². The number of aromatic nitrogens is 4. The molecule has 3 heterocycles. The Hall–Kier alpha value is -2.88. The topological polar surface area (TPSA) is 87.1 Å². The van der Waals surface area contributed by atoms with E-state index < -0.39 is 5.67 Å². The van der Waals surface area contributed by atoms with Crippen LogP contribution in [0.25, 0.3) is 11.0 Å². The molecular formula is C20H20FN7OS. The van der Waals surface area contributed by atoms with Crippen molar-refractivity contribution in [3.63, 3.8) is 0 Å². The van der Waals surface area contributed by atoms with Gasteiger partial charge >= 0.3 is 0 Å². The van der Waals surface area contributed by atoms with Gasteiger partial charge in [0.1, 0.15) is 22.4 Å². The van der Waals surface area contributed by atoms with Crippen molar-refractivity contribution >= 4 is 51.8 Å². The second-order valence-corrected chi connectivity index (χ2v) is 9.15. The summed E-state index contributed by atoms with van der Waals surface area (Å²) in [5.74, 6) is 1.38. The van der Waals surface area contributed by atoms with Gasteiger partial charge in [-0.05, 0) is 43.4 Å². The standard InChI is InChI=1S/C20H20FN7OS/c1-10-3-13-14(26-30-25-13)4-12(10)23-19-22-8-16-18(24-19)28(9-17(29)27(16)2)15-7-20(21)5-11(15)6-20/h3-4,8,11,15H,5-7,9H2,1-2H3,(H,22,23,24). The highest BCUT2D eigenvalue weighted by molar-refractivity contribution is 7.00. The molecule has 0 saturated heterocycles. The molecule has 1 N–H and O–H groups in total. The molecule has 7 rings (SSSR count). The van der Waals surface area contributed by atoms with Crippen molar-refractivity contribution < 1.29 is 9.18 Å². The van der Waals surface area contributed by atoms with Gasteiger partial charge < -0.3 is 15.1 Å². The molecule has 1 aromatic carbocycles. The van der Waals surface area contributed by atoms with Gasteiger partial charge in [-0.25, -0.2) is 9.37 Å². The number of hydrogen-bond acceptors (Lipinski definition) is 8. The number of alkyl halides is 1. The highest BCUT2D eigenvalue weighted by Gasteiger charge is 2.59. The molecule has 4 aliphatic rings. The van der Waals surface area contributed by atoms with E-state index in [9.17, 15) is 9.18 Å². The van der Waals surface area contributed by atoms with Crippen LogP contribution < -0.4 is 15.1 Å². The van der Waals surface area contributed by atoms with Crippen LogP contribution in [0.2, 0.25) is 0 Å². The SMILES string of the molecule is Cc1cc2nsnc2cc1Nc1ncc2c(n1)N(C1CC3(F)CC1C3)CC(=O)N2C. The molecule has 0 spiro atoms. The summed E-state index contributed by atoms with van der Waals surface area (Å²) in [4.78, 5) is 25.3. The van der Waals surface area contributed by atoms with Gasteiger partial charge in [0.2, 0.25) is 11.9 Å². The van der Waals surface area contributed by atoms with Gasteiger partial charge in [-0.2, -0.15) is 13.7 Å². The zero-order valence-corrected chi connectivity index (χ0v) is 17.4. The average molecular weight is 425 g/mol. The number of fused-ring (bicyclic) bond motifs is 3. The minimum Gasteiger partial charge on any atom is -0.342 e. The largest absolute Gasteiger partial charge is 0.342 e. The van der Waals surface area contributed by atoms with E-state index >= 15 is 0 Å². The number of benzene rings is 1. The number of aryl methyl sites for hydroxylation is 1. The first kappa shape index (κ1) is 17.9. The second kappa shape index (κ2) is 6.07. The molecule has 1 unspecified atom stereocenters. The van der Waals surface area contributed by atoms with Crippen LogP contribution in [0, 0.1) is 12.8 Å². The quantitative estimate of drug-likeness (QED) is 0.689. The molecular weight excluding hydrogens is 405 g/mol. The highest BCUT2D eigenvalue weighted by atomic mass is 32.1. The fourth-order valence-electron chi connectivity index (χ4n) is 5.03. The van der Waals surface area contributed by atoms with Crippen molar-refractivity contribution in [3.05, 3.63) is 23.9 Å². The predicted molar refractivity (Wildman–Crippen MR) is 113 cm³/mol. The molecule has 1 atom stereocenters. The third-order valence-corrected chi connectivity index (χ3v) is 7.24. The van der Waals surface area contributed by atoms with Gasteiger partial charge in [0.05, 0.1) is 24.5 Å². The number of likely N-dealkylation sites (N-methyl/N-ethyl adjacent to an activating group) is 1. The number of carbonyl (C=O) groups is 1. The van der Waals surface area contributed by atoms with E-state index in [0.717, 1.165) is 22.3 Å². The summed E-state index contributed by atoms with van der Waals surface area (Å²) in [6.45, 7) is 2.21. The second-order valence-electron chi connectivity index (χ2n) is 8.62. The number of halogens is 1. The molecule has 10 heteroatoms. The van der Waals surface area contributed by atoms with Crippen LogP contribution in [0.5, 0.6) is 0 Å². The van der Waals surface area contributed by atoms with E-state index in [1.54, 1.807) is 18.1 Å². The first-order valence-electron chi connectivity index (χ1n) is 9.99. The number of rotatable bonds is 3. The Labute approximate surface area is 176 Å². The third-order valence-electron chi connectivity index (χ3n) is 6.68. The molecule has 8 nitrogen and oxygen atoms in total. The predicted octanol–water partition coefficient (Wildman–Crippen LogP) is 3.21. The maximum atomic E-state index is 14.6. The van der Waals surface area contributed by atoms with Crippen molar-refractivity contribution in [1.29, 1.82) is 0 Å². The molecule has 30 heavy (non-hydrogen) atoms. The summed E-state index contributed by atoms with van der Waals surface area (Å²) >= 11 is 1.18. The van der Waals surface area contributed by atoms with Crippen LogP contribution in [0.3, 0.4) is 0 Å². The summed E-state index contributed by atoms with van der Waals surface area (Å²) in [6.07, 6.45) is 3.31. The fraction of sp³-hybridized carbons (Fsp3) is 0.450. The molecule has 2 bridgehead atoms. The van der Waals surface area contributed by atoms with E-state index in [4.69, 9.17) is 4.98 Å². The average Bonchev–Trinajstić information content (AvgIpc) is 3.37. The zero-order valence-electron chi connectivity index (χ0n) is 16.6. The van der Waals surface area contributed by atoms with Gasteiger partial charge in [-0.3, -0.25) is 4.79 Å². The minimum absolute atomic E-state index is 0.00770. The van der Waals surface area contributed by atoms with Crippen molar-refractivity contribution in [3.8, 4) is 0 Å². The Morgan fingerprint density at radius 3 is 2.73 bits per heavy atom. The molecule has 1 aliphatic heterocycles. The fourth-order valence-corrected chi connectivity index (χ4v) is 5.54. The van der Waals surface area contributed by atoms with Crippen LogP contribution in [-0.4, -0.2) is 49.9 Å². The summed E-state index contributed by atoms with van der Waals surface area (Å²) in [7, 11) is 1.73. The molecule has 3 saturated carbocycles. The lowest BCUT2D eigenvalue weighted by atomic mass is 9.81. The highest BCUT2D eigenvalue weighted by Crippen LogP contribution is 2.57. The normalized spacial score (nSPS) is 27.4. The number of carbonyl (C=O) groups excluding carboxylic acids is 1. The number of amides is 1. The zero-order chi connectivity index (χ0) is 20.6. The van der Waals surface area contributed by atoms with Crippen LogP contribution >= 0.6 is 11.7 Å². The van der Waals surface area contributed by atoms with Crippen molar-refractivity contribution in [2.24, 2.45) is 5.92 Å². The van der Waals surface area contributed by atoms with E-state index in [1.165, 1.54) is 11.7 Å². The third kappa shape index (κ3) is 2.59. The van der Waals surface area contributed by atoms with Crippen molar-refractivity contribution in [1.82, 2.24) is 18.7 Å². The smallest absolute Gasteiger partial charge is 0.246 e. The summed E-state index contributed by atoms with van der Waals surface area (Å²) in [5, 5.41) is 3.28. The molecule has 2 aromatic heterocycles. The maximum Gasteiger partial charge on any atom is 0.246 e. The summed E-state index contributed by atoms with van der Waals surface area (Å²) in [6, 6.07) is 3.92. The Morgan fingerprint density at radius 2 is 2.00 bits per heavy atom. The molecule has 3 aromatic rings. The molecule has 3 fully saturated rings. The summed E-state index contributed by atoms with van der Waals surface area (Å²) < 4.78 is 23.1. The van der Waals surface area contributed by atoms with Gasteiger partial charge in [0.15, 0.2) is 5.82 Å². The van der Waals surface area contributed by atoms with Gasteiger partial charge in [0.25, 0.3) is 0 Å². The Bertz CT molecular complexity index is 1190. The van der Waals surface area contributed by atoms with E-state index in [0.29, 0.717) is 36.7 Å². The lowest BCUT2D eigenvalue weighted by Crippen LogP contribution is -2.49. The molecule has 1 amide bonds. The molecule has 3 aliphatic carbocycles. The van der Waals surface area contributed by atoms with Gasteiger partial charge in [-0.1, -0.05) is 0 Å². The van der Waals surface area contributed by atoms with Crippen molar-refractivity contribution in [2.75, 3.05) is 28.7 Å². The van der Waals surface area contributed by atoms with Gasteiger partial charge in [0, 0.05) is 25.2 Å². The molecule has 154 valence electrons. The maximum absolute atomic E-state index is 14.6. The Balaban J connectivity index is 1.37. The lowest BCUT2D eigenvalue weighted by Gasteiger charge is -2.39. The Morgan fingerprint density at radius 1 is 1.23 bits per heavy atom. The number of hydrogen-bond donors (Lipinski definition) is 1. The van der Waals surface area contributed by atoms with Gasteiger partial charge in [-0.15, -0.1) is 0 Å². The monoisotopic (exact) mass is 425 g/mol. The lowest BCUT2D eigenvalue weighted by molar-refractivity contribution is -0.117. The van der Waals surface area contributed by atoms with E-state index in [2.05, 4.69) is 19.0 Å².